The summed E-state index contributed by atoms with van der Waals surface area (Å²) in [6, 6.07) is 7.72. The second kappa shape index (κ2) is 8.00. The lowest BCUT2D eigenvalue weighted by Gasteiger charge is -2.26. The summed E-state index contributed by atoms with van der Waals surface area (Å²) in [4.78, 5) is 14.3. The summed E-state index contributed by atoms with van der Waals surface area (Å²) in [5.74, 6) is 0.649. The summed E-state index contributed by atoms with van der Waals surface area (Å²) in [7, 11) is 0. The lowest BCUT2D eigenvalue weighted by molar-refractivity contribution is -0.127. The van der Waals surface area contributed by atoms with Gasteiger partial charge < -0.3 is 14.8 Å². The van der Waals surface area contributed by atoms with E-state index in [4.69, 9.17) is 9.47 Å². The number of amides is 1. The Bertz CT molecular complexity index is 459. The van der Waals surface area contributed by atoms with Crippen molar-refractivity contribution < 1.29 is 14.3 Å². The minimum Gasteiger partial charge on any atom is -0.481 e. The van der Waals surface area contributed by atoms with Gasteiger partial charge in [0.2, 0.25) is 0 Å². The van der Waals surface area contributed by atoms with Gasteiger partial charge in [-0.15, -0.1) is 0 Å². The fourth-order valence-corrected chi connectivity index (χ4v) is 2.25. The molecule has 1 aromatic carbocycles. The summed E-state index contributed by atoms with van der Waals surface area (Å²) in [6.45, 7) is 8.69. The van der Waals surface area contributed by atoms with Crippen LogP contribution in [0.4, 0.5) is 0 Å². The Kier molecular flexibility index (Phi) is 6.02. The van der Waals surface area contributed by atoms with E-state index in [-0.39, 0.29) is 5.91 Å². The lowest BCUT2D eigenvalue weighted by Crippen LogP contribution is -2.43. The third-order valence-corrected chi connectivity index (χ3v) is 3.50. The fraction of sp³-hybridized carbons (Fsp3) is 0.562. The molecule has 1 atom stereocenters. The molecule has 0 unspecified atom stereocenters. The first-order valence-electron chi connectivity index (χ1n) is 7.46. The highest BCUT2D eigenvalue weighted by atomic mass is 16.5. The molecule has 1 aliphatic rings. The van der Waals surface area contributed by atoms with Crippen molar-refractivity contribution in [3.8, 4) is 5.75 Å². The van der Waals surface area contributed by atoms with Gasteiger partial charge in [-0.1, -0.05) is 12.1 Å². The maximum Gasteiger partial charge on any atom is 0.260 e. The molecule has 1 amide bonds. The Labute approximate surface area is 126 Å². The molecular formula is C16H24N2O3. The van der Waals surface area contributed by atoms with E-state index in [9.17, 15) is 4.79 Å². The largest absolute Gasteiger partial charge is 0.481 e. The third-order valence-electron chi connectivity index (χ3n) is 3.50. The average Bonchev–Trinajstić information content (AvgIpc) is 2.48. The van der Waals surface area contributed by atoms with E-state index < -0.39 is 6.10 Å². The van der Waals surface area contributed by atoms with Gasteiger partial charge in [0.15, 0.2) is 6.10 Å². The highest BCUT2D eigenvalue weighted by Gasteiger charge is 2.15. The fourth-order valence-electron chi connectivity index (χ4n) is 2.25. The highest BCUT2D eigenvalue weighted by molar-refractivity contribution is 5.80. The minimum atomic E-state index is -0.489. The average molecular weight is 292 g/mol. The second-order valence-electron chi connectivity index (χ2n) is 5.32. The van der Waals surface area contributed by atoms with E-state index in [0.29, 0.717) is 6.54 Å². The molecule has 1 aliphatic heterocycles. The number of ether oxygens (including phenoxy) is 2. The lowest BCUT2D eigenvalue weighted by atomic mass is 10.2. The Morgan fingerprint density at radius 2 is 2.19 bits per heavy atom. The van der Waals surface area contributed by atoms with Crippen LogP contribution >= 0.6 is 0 Å². The summed E-state index contributed by atoms with van der Waals surface area (Å²) in [5, 5.41) is 2.92. The Morgan fingerprint density at radius 3 is 2.90 bits per heavy atom. The maximum atomic E-state index is 12.0. The van der Waals surface area contributed by atoms with Crippen LogP contribution in [0, 0.1) is 6.92 Å². The minimum absolute atomic E-state index is 0.0789. The number of morpholine rings is 1. The molecule has 0 aliphatic carbocycles. The number of hydrogen-bond donors (Lipinski definition) is 1. The predicted molar refractivity (Wildman–Crippen MR) is 81.5 cm³/mol. The van der Waals surface area contributed by atoms with Crippen LogP contribution in [0.15, 0.2) is 24.3 Å². The molecule has 5 heteroatoms. The molecule has 0 aromatic heterocycles. The molecular weight excluding hydrogens is 268 g/mol. The summed E-state index contributed by atoms with van der Waals surface area (Å²) >= 11 is 0. The number of hydrogen-bond acceptors (Lipinski definition) is 4. The first-order chi connectivity index (χ1) is 10.1. The molecule has 21 heavy (non-hydrogen) atoms. The first kappa shape index (κ1) is 15.8. The van der Waals surface area contributed by atoms with Gasteiger partial charge in [-0.05, 0) is 31.5 Å². The van der Waals surface area contributed by atoms with Crippen molar-refractivity contribution in [2.45, 2.75) is 20.0 Å². The molecule has 1 aromatic rings. The molecule has 0 saturated carbocycles. The molecule has 5 nitrogen and oxygen atoms in total. The van der Waals surface area contributed by atoms with Crippen LogP contribution in [0.3, 0.4) is 0 Å². The molecule has 2 rings (SSSR count). The van der Waals surface area contributed by atoms with Crippen LogP contribution in [0.1, 0.15) is 12.5 Å². The molecule has 1 fully saturated rings. The van der Waals surface area contributed by atoms with E-state index in [0.717, 1.165) is 44.2 Å². The Balaban J connectivity index is 1.69. The van der Waals surface area contributed by atoms with Gasteiger partial charge in [0.05, 0.1) is 13.2 Å². The van der Waals surface area contributed by atoms with Crippen LogP contribution in [-0.4, -0.2) is 56.3 Å². The van der Waals surface area contributed by atoms with Crippen LogP contribution < -0.4 is 10.1 Å². The molecule has 0 bridgehead atoms. The molecule has 1 heterocycles. The monoisotopic (exact) mass is 292 g/mol. The predicted octanol–water partition coefficient (Wildman–Crippen LogP) is 1.21. The second-order valence-corrected chi connectivity index (χ2v) is 5.32. The van der Waals surface area contributed by atoms with Crippen molar-refractivity contribution in [2.75, 3.05) is 39.4 Å². The summed E-state index contributed by atoms with van der Waals surface area (Å²) < 4.78 is 10.9. The van der Waals surface area contributed by atoms with Gasteiger partial charge in [0.1, 0.15) is 5.75 Å². The van der Waals surface area contributed by atoms with Crippen molar-refractivity contribution in [3.63, 3.8) is 0 Å². The summed E-state index contributed by atoms with van der Waals surface area (Å²) in [5.41, 5.74) is 1.12. The van der Waals surface area contributed by atoms with Crippen molar-refractivity contribution in [1.29, 1.82) is 0 Å². The van der Waals surface area contributed by atoms with E-state index in [1.54, 1.807) is 6.92 Å². The molecule has 1 N–H and O–H groups in total. The van der Waals surface area contributed by atoms with Crippen molar-refractivity contribution >= 4 is 5.91 Å². The van der Waals surface area contributed by atoms with E-state index in [1.807, 2.05) is 31.2 Å². The number of nitrogens with one attached hydrogen (secondary N) is 1. The topological polar surface area (TPSA) is 50.8 Å². The van der Waals surface area contributed by atoms with Gasteiger partial charge in [-0.2, -0.15) is 0 Å². The zero-order valence-corrected chi connectivity index (χ0v) is 12.8. The van der Waals surface area contributed by atoms with Crippen LogP contribution in [-0.2, 0) is 9.53 Å². The Hall–Kier alpha value is -1.59. The zero-order valence-electron chi connectivity index (χ0n) is 12.8. The zero-order chi connectivity index (χ0) is 15.1. The molecule has 0 spiro atoms. The van der Waals surface area contributed by atoms with Crippen LogP contribution in [0.25, 0.3) is 0 Å². The van der Waals surface area contributed by atoms with Crippen molar-refractivity contribution in [2.24, 2.45) is 0 Å². The number of nitrogens with zero attached hydrogens (tertiary/aromatic N) is 1. The standard InChI is InChI=1S/C16H24N2O3/c1-13-4-3-5-15(12-13)21-14(2)16(19)17-6-7-18-8-10-20-11-9-18/h3-5,12,14H,6-11H2,1-2H3,(H,17,19)/t14-/m0/s1. The van der Waals surface area contributed by atoms with E-state index in [1.165, 1.54) is 0 Å². The molecule has 1 saturated heterocycles. The van der Waals surface area contributed by atoms with Crippen molar-refractivity contribution in [1.82, 2.24) is 10.2 Å². The highest BCUT2D eigenvalue weighted by Crippen LogP contribution is 2.14. The third kappa shape index (κ3) is 5.36. The Morgan fingerprint density at radius 1 is 1.43 bits per heavy atom. The number of benzene rings is 1. The normalized spacial score (nSPS) is 17.2. The van der Waals surface area contributed by atoms with Crippen LogP contribution in [0.5, 0.6) is 5.75 Å². The first-order valence-corrected chi connectivity index (χ1v) is 7.46. The van der Waals surface area contributed by atoms with Gasteiger partial charge in [0, 0.05) is 26.2 Å². The van der Waals surface area contributed by atoms with Crippen molar-refractivity contribution in [3.05, 3.63) is 29.8 Å². The van der Waals surface area contributed by atoms with E-state index in [2.05, 4.69) is 10.2 Å². The smallest absolute Gasteiger partial charge is 0.260 e. The summed E-state index contributed by atoms with van der Waals surface area (Å²) in [6.07, 6.45) is -0.489. The molecule has 0 radical (unpaired) electrons. The maximum absolute atomic E-state index is 12.0. The molecule has 116 valence electrons. The SMILES string of the molecule is Cc1cccc(O[C@@H](C)C(=O)NCCN2CCOCC2)c1. The van der Waals surface area contributed by atoms with Gasteiger partial charge in [0.25, 0.3) is 5.91 Å². The van der Waals surface area contributed by atoms with Crippen LogP contribution in [0.2, 0.25) is 0 Å². The van der Waals surface area contributed by atoms with Gasteiger partial charge >= 0.3 is 0 Å². The van der Waals surface area contributed by atoms with Gasteiger partial charge in [-0.3, -0.25) is 9.69 Å². The number of carbonyl (C=O) groups is 1. The van der Waals surface area contributed by atoms with Gasteiger partial charge in [-0.25, -0.2) is 0 Å². The number of aryl methyl sites for hydroxylation is 1. The van der Waals surface area contributed by atoms with E-state index >= 15 is 0 Å². The number of carbonyl (C=O) groups excluding carboxylic acids is 1. The quantitative estimate of drug-likeness (QED) is 0.856. The number of rotatable bonds is 6.